The first-order valence-corrected chi connectivity index (χ1v) is 5.56. The molecule has 0 saturated heterocycles. The molecular weight excluding hydrogens is 190 g/mol. The van der Waals surface area contributed by atoms with Crippen molar-refractivity contribution in [2.45, 2.75) is 31.8 Å². The van der Waals surface area contributed by atoms with Crippen LogP contribution in [0.15, 0.2) is 12.3 Å². The topological polar surface area (TPSA) is 64.1 Å². The molecule has 0 radical (unpaired) electrons. The Labute approximate surface area is 90.1 Å². The molecule has 3 N–H and O–H groups in total. The van der Waals surface area contributed by atoms with Crippen LogP contribution in [-0.2, 0) is 7.05 Å². The van der Waals surface area contributed by atoms with E-state index < -0.39 is 6.10 Å². The van der Waals surface area contributed by atoms with Crippen LogP contribution in [-0.4, -0.2) is 21.4 Å². The molecule has 1 heterocycles. The van der Waals surface area contributed by atoms with Crippen LogP contribution in [0.1, 0.15) is 37.5 Å². The van der Waals surface area contributed by atoms with E-state index in [1.807, 2.05) is 13.1 Å². The molecule has 2 rings (SSSR count). The molecule has 15 heavy (non-hydrogen) atoms. The Bertz CT molecular complexity index is 328. The fourth-order valence-electron chi connectivity index (χ4n) is 2.63. The van der Waals surface area contributed by atoms with Crippen molar-refractivity contribution in [2.75, 3.05) is 6.54 Å². The third-order valence-corrected chi connectivity index (χ3v) is 3.72. The van der Waals surface area contributed by atoms with E-state index >= 15 is 0 Å². The summed E-state index contributed by atoms with van der Waals surface area (Å²) in [7, 11) is 1.86. The normalized spacial score (nSPS) is 21.8. The van der Waals surface area contributed by atoms with Gasteiger partial charge in [0.05, 0.1) is 5.69 Å². The minimum atomic E-state index is -0.475. The molecule has 0 aliphatic heterocycles. The molecule has 0 amide bonds. The molecule has 4 heteroatoms. The van der Waals surface area contributed by atoms with Crippen LogP contribution >= 0.6 is 0 Å². The number of nitrogens with two attached hydrogens (primary N) is 1. The molecule has 1 unspecified atom stereocenters. The van der Waals surface area contributed by atoms with E-state index in [9.17, 15) is 5.11 Å². The summed E-state index contributed by atoms with van der Waals surface area (Å²) in [5, 5.41) is 14.5. The predicted molar refractivity (Wildman–Crippen MR) is 58.1 cm³/mol. The van der Waals surface area contributed by atoms with Gasteiger partial charge in [-0.05, 0) is 18.9 Å². The minimum absolute atomic E-state index is 0.117. The molecule has 1 saturated carbocycles. The first kappa shape index (κ1) is 10.6. The zero-order chi connectivity index (χ0) is 10.9. The third-order valence-electron chi connectivity index (χ3n) is 3.72. The van der Waals surface area contributed by atoms with Crippen LogP contribution in [0.4, 0.5) is 0 Å². The van der Waals surface area contributed by atoms with Crippen LogP contribution in [0.25, 0.3) is 0 Å². The number of nitrogens with zero attached hydrogens (tertiary/aromatic N) is 2. The van der Waals surface area contributed by atoms with Crippen molar-refractivity contribution in [3.8, 4) is 0 Å². The molecule has 0 bridgehead atoms. The van der Waals surface area contributed by atoms with Crippen molar-refractivity contribution >= 4 is 0 Å². The Balaban J connectivity index is 2.26. The molecule has 0 spiro atoms. The van der Waals surface area contributed by atoms with Gasteiger partial charge in [0.2, 0.25) is 0 Å². The molecular formula is C11H19N3O. The fraction of sp³-hybridized carbons (Fsp3) is 0.727. The van der Waals surface area contributed by atoms with Crippen molar-refractivity contribution in [3.05, 3.63) is 18.0 Å². The summed E-state index contributed by atoms with van der Waals surface area (Å²) in [6.45, 7) is 0.555. The molecule has 4 nitrogen and oxygen atoms in total. The molecule has 1 aromatic heterocycles. The molecule has 1 aromatic rings. The number of hydrogen-bond donors (Lipinski definition) is 2. The number of rotatable bonds is 3. The first-order valence-electron chi connectivity index (χ1n) is 5.56. The summed E-state index contributed by atoms with van der Waals surface area (Å²) >= 11 is 0. The molecule has 1 atom stereocenters. The van der Waals surface area contributed by atoms with E-state index in [1.54, 1.807) is 10.9 Å². The van der Waals surface area contributed by atoms with Crippen molar-refractivity contribution in [2.24, 2.45) is 18.2 Å². The van der Waals surface area contributed by atoms with Crippen molar-refractivity contribution < 1.29 is 5.11 Å². The highest BCUT2D eigenvalue weighted by molar-refractivity contribution is 5.10. The Morgan fingerprint density at radius 3 is 2.73 bits per heavy atom. The molecule has 84 valence electrons. The van der Waals surface area contributed by atoms with Crippen molar-refractivity contribution in [1.82, 2.24) is 9.78 Å². The lowest BCUT2D eigenvalue weighted by atomic mass is 9.79. The maximum atomic E-state index is 10.4. The number of aliphatic hydroxyl groups excluding tert-OH is 1. The number of hydrogen-bond acceptors (Lipinski definition) is 3. The molecule has 1 fully saturated rings. The Morgan fingerprint density at radius 2 is 2.27 bits per heavy atom. The van der Waals surface area contributed by atoms with E-state index in [1.165, 1.54) is 12.8 Å². The summed E-state index contributed by atoms with van der Waals surface area (Å²) in [4.78, 5) is 0. The van der Waals surface area contributed by atoms with Gasteiger partial charge in [0.25, 0.3) is 0 Å². The van der Waals surface area contributed by atoms with E-state index in [0.717, 1.165) is 18.5 Å². The third kappa shape index (κ3) is 1.68. The van der Waals surface area contributed by atoms with Crippen LogP contribution in [0, 0.1) is 5.41 Å². The van der Waals surface area contributed by atoms with Gasteiger partial charge in [0.15, 0.2) is 0 Å². The average molecular weight is 209 g/mol. The van der Waals surface area contributed by atoms with Gasteiger partial charge >= 0.3 is 0 Å². The van der Waals surface area contributed by atoms with Gasteiger partial charge in [-0.25, -0.2) is 0 Å². The van der Waals surface area contributed by atoms with E-state index in [4.69, 9.17) is 5.73 Å². The van der Waals surface area contributed by atoms with Crippen LogP contribution in [0.3, 0.4) is 0 Å². The van der Waals surface area contributed by atoms with Gasteiger partial charge in [-0.2, -0.15) is 5.10 Å². The highest BCUT2D eigenvalue weighted by Gasteiger charge is 2.41. The smallest absolute Gasteiger partial charge is 0.102 e. The first-order chi connectivity index (χ1) is 7.19. The van der Waals surface area contributed by atoms with Gasteiger partial charge in [0, 0.05) is 25.2 Å². The maximum absolute atomic E-state index is 10.4. The largest absolute Gasteiger partial charge is 0.386 e. The van der Waals surface area contributed by atoms with Crippen molar-refractivity contribution in [3.63, 3.8) is 0 Å². The zero-order valence-corrected chi connectivity index (χ0v) is 9.19. The van der Waals surface area contributed by atoms with Gasteiger partial charge in [0.1, 0.15) is 6.10 Å². The maximum Gasteiger partial charge on any atom is 0.102 e. The van der Waals surface area contributed by atoms with Gasteiger partial charge in [-0.3, -0.25) is 4.68 Å². The zero-order valence-electron chi connectivity index (χ0n) is 9.19. The lowest BCUT2D eigenvalue weighted by Gasteiger charge is -2.32. The van der Waals surface area contributed by atoms with Crippen LogP contribution in [0.2, 0.25) is 0 Å². The predicted octanol–water partition coefficient (Wildman–Crippen LogP) is 0.973. The van der Waals surface area contributed by atoms with Gasteiger partial charge in [-0.15, -0.1) is 0 Å². The van der Waals surface area contributed by atoms with Crippen LogP contribution in [0.5, 0.6) is 0 Å². The Hall–Kier alpha value is -0.870. The Kier molecular flexibility index (Phi) is 2.80. The van der Waals surface area contributed by atoms with E-state index in [-0.39, 0.29) is 5.41 Å². The quantitative estimate of drug-likeness (QED) is 0.779. The van der Waals surface area contributed by atoms with Crippen LogP contribution < -0.4 is 5.73 Å². The summed E-state index contributed by atoms with van der Waals surface area (Å²) < 4.78 is 1.74. The summed E-state index contributed by atoms with van der Waals surface area (Å²) in [6.07, 6.45) is 5.64. The molecule has 1 aliphatic rings. The van der Waals surface area contributed by atoms with E-state index in [2.05, 4.69) is 5.10 Å². The number of aromatic nitrogens is 2. The minimum Gasteiger partial charge on any atom is -0.386 e. The van der Waals surface area contributed by atoms with Gasteiger partial charge < -0.3 is 10.8 Å². The van der Waals surface area contributed by atoms with E-state index in [0.29, 0.717) is 6.54 Å². The second kappa shape index (κ2) is 3.94. The molecule has 1 aliphatic carbocycles. The number of aliphatic hydroxyl groups is 1. The standard InChI is InChI=1S/C11H19N3O/c1-14-9(4-7-13-14)10(15)11(8-12)5-2-3-6-11/h4,7,10,15H,2-3,5-6,8,12H2,1H3. The van der Waals surface area contributed by atoms with Crippen molar-refractivity contribution in [1.29, 1.82) is 0 Å². The second-order valence-corrected chi connectivity index (χ2v) is 4.56. The summed E-state index contributed by atoms with van der Waals surface area (Å²) in [5.41, 5.74) is 6.60. The average Bonchev–Trinajstić information content (AvgIpc) is 2.86. The fourth-order valence-corrected chi connectivity index (χ4v) is 2.63. The SMILES string of the molecule is Cn1nccc1C(O)C1(CN)CCCC1. The number of aryl methyl sites for hydroxylation is 1. The lowest BCUT2D eigenvalue weighted by Crippen LogP contribution is -2.35. The Morgan fingerprint density at radius 1 is 1.60 bits per heavy atom. The lowest BCUT2D eigenvalue weighted by molar-refractivity contribution is 0.0271. The molecule has 0 aromatic carbocycles. The monoisotopic (exact) mass is 209 g/mol. The van der Waals surface area contributed by atoms with Gasteiger partial charge in [-0.1, -0.05) is 12.8 Å². The highest BCUT2D eigenvalue weighted by Crippen LogP contribution is 2.46. The summed E-state index contributed by atoms with van der Waals surface area (Å²) in [6, 6.07) is 1.88. The highest BCUT2D eigenvalue weighted by atomic mass is 16.3. The summed E-state index contributed by atoms with van der Waals surface area (Å²) in [5.74, 6) is 0. The second-order valence-electron chi connectivity index (χ2n) is 4.56.